The maximum Gasteiger partial charge on any atom is 0.240 e. The van der Waals surface area contributed by atoms with Gasteiger partial charge in [0.05, 0.1) is 27.5 Å². The molecule has 1 aliphatic rings. The first kappa shape index (κ1) is 35.4. The van der Waals surface area contributed by atoms with Crippen molar-refractivity contribution in [2.24, 2.45) is 0 Å². The van der Waals surface area contributed by atoms with Gasteiger partial charge in [-0.05, 0) is 80.9 Å². The normalized spacial score (nSPS) is 12.9. The van der Waals surface area contributed by atoms with Crippen LogP contribution in [-0.4, -0.2) is 24.1 Å². The fourth-order valence-corrected chi connectivity index (χ4v) is 10.4. The highest BCUT2D eigenvalue weighted by molar-refractivity contribution is 6.10. The minimum atomic E-state index is -0.495. The van der Waals surface area contributed by atoms with Gasteiger partial charge in [0.25, 0.3) is 0 Å². The molecular formula is C58H37N5. The summed E-state index contributed by atoms with van der Waals surface area (Å²) in [5, 5.41) is 4.60. The molecule has 0 N–H and O–H groups in total. The number of rotatable bonds is 6. The van der Waals surface area contributed by atoms with Crippen LogP contribution in [0.3, 0.4) is 0 Å². The Kier molecular flexibility index (Phi) is 7.75. The summed E-state index contributed by atoms with van der Waals surface area (Å²) >= 11 is 0. The Morgan fingerprint density at radius 3 is 1.22 bits per heavy atom. The molecule has 5 heteroatoms. The second-order valence-corrected chi connectivity index (χ2v) is 16.4. The van der Waals surface area contributed by atoms with E-state index in [1.807, 2.05) is 0 Å². The molecule has 12 aromatic rings. The molecule has 0 saturated heterocycles. The topological polar surface area (TPSA) is 48.5 Å². The van der Waals surface area contributed by atoms with E-state index in [1.165, 1.54) is 33.4 Å². The van der Waals surface area contributed by atoms with Crippen molar-refractivity contribution in [1.29, 1.82) is 0 Å². The molecule has 0 fully saturated rings. The van der Waals surface area contributed by atoms with Crippen molar-refractivity contribution < 1.29 is 0 Å². The molecule has 0 radical (unpaired) electrons. The van der Waals surface area contributed by atoms with Gasteiger partial charge in [-0.1, -0.05) is 188 Å². The summed E-state index contributed by atoms with van der Waals surface area (Å²) in [6, 6.07) is 80.5. The zero-order valence-corrected chi connectivity index (χ0v) is 34.1. The molecule has 0 unspecified atom stereocenters. The molecule has 294 valence electrons. The van der Waals surface area contributed by atoms with Crippen LogP contribution in [0.15, 0.2) is 224 Å². The second kappa shape index (κ2) is 13.8. The Bertz CT molecular complexity index is 3480. The third-order valence-electron chi connectivity index (χ3n) is 13.1. The average molecular weight is 804 g/mol. The van der Waals surface area contributed by atoms with Crippen LogP contribution in [0, 0.1) is 0 Å². The van der Waals surface area contributed by atoms with Crippen LogP contribution in [0.1, 0.15) is 22.3 Å². The number of hydrogen-bond acceptors (Lipinski definition) is 3. The molecule has 63 heavy (non-hydrogen) atoms. The predicted molar refractivity (Wildman–Crippen MR) is 257 cm³/mol. The van der Waals surface area contributed by atoms with E-state index in [0.717, 1.165) is 60.3 Å². The molecule has 0 saturated carbocycles. The third-order valence-corrected chi connectivity index (χ3v) is 13.1. The summed E-state index contributed by atoms with van der Waals surface area (Å²) in [7, 11) is 0. The van der Waals surface area contributed by atoms with Gasteiger partial charge >= 0.3 is 0 Å². The van der Waals surface area contributed by atoms with Crippen LogP contribution in [0.25, 0.3) is 89.2 Å². The van der Waals surface area contributed by atoms with Crippen molar-refractivity contribution >= 4 is 43.6 Å². The van der Waals surface area contributed by atoms with Crippen LogP contribution >= 0.6 is 0 Å². The molecule has 1 aliphatic carbocycles. The summed E-state index contributed by atoms with van der Waals surface area (Å²) in [6.07, 6.45) is 0. The molecule has 3 heterocycles. The smallest absolute Gasteiger partial charge is 0.240 e. The Labute approximate surface area is 363 Å². The number of benzene rings is 9. The first-order chi connectivity index (χ1) is 31.3. The van der Waals surface area contributed by atoms with Crippen molar-refractivity contribution in [1.82, 2.24) is 24.1 Å². The molecule has 0 atom stereocenters. The molecular weight excluding hydrogens is 767 g/mol. The number of aromatic nitrogens is 5. The minimum Gasteiger partial charge on any atom is -0.278 e. The molecule has 5 nitrogen and oxygen atoms in total. The number of hydrogen-bond donors (Lipinski definition) is 0. The summed E-state index contributed by atoms with van der Waals surface area (Å²) in [5.74, 6) is 1.71. The van der Waals surface area contributed by atoms with Crippen LogP contribution < -0.4 is 0 Å². The first-order valence-electron chi connectivity index (χ1n) is 21.5. The van der Waals surface area contributed by atoms with Gasteiger partial charge in [-0.3, -0.25) is 9.13 Å². The van der Waals surface area contributed by atoms with Gasteiger partial charge in [0.2, 0.25) is 11.9 Å². The van der Waals surface area contributed by atoms with E-state index < -0.39 is 5.41 Å². The van der Waals surface area contributed by atoms with Gasteiger partial charge in [-0.15, -0.1) is 0 Å². The fourth-order valence-electron chi connectivity index (χ4n) is 10.4. The molecule has 0 spiro atoms. The molecule has 9 aromatic carbocycles. The van der Waals surface area contributed by atoms with E-state index in [-0.39, 0.29) is 0 Å². The Morgan fingerprint density at radius 1 is 0.302 bits per heavy atom. The highest BCUT2D eigenvalue weighted by Crippen LogP contribution is 2.56. The van der Waals surface area contributed by atoms with Crippen LogP contribution in [0.4, 0.5) is 0 Å². The standard InChI is InChI=1S/C58H37N5/c1-2-21-41(22-3-1)58(49-30-10-4-24-43(49)44-25-5-11-31-50(44)58)42-23-17-19-39(37-42)38-18-16-20-40(36-38)55-59-56(62-51-32-12-6-26-45(51)46-27-7-13-33-52(46)62)61-57(60-55)63-53-34-14-8-28-47(53)48-29-9-15-35-54(48)63/h1-37H. The van der Waals surface area contributed by atoms with E-state index in [1.54, 1.807) is 0 Å². The van der Waals surface area contributed by atoms with Crippen molar-refractivity contribution in [3.8, 4) is 45.5 Å². The highest BCUT2D eigenvalue weighted by atomic mass is 15.3. The van der Waals surface area contributed by atoms with Crippen molar-refractivity contribution in [3.63, 3.8) is 0 Å². The van der Waals surface area contributed by atoms with Gasteiger partial charge in [0.1, 0.15) is 0 Å². The van der Waals surface area contributed by atoms with Gasteiger partial charge in [0.15, 0.2) is 5.82 Å². The van der Waals surface area contributed by atoms with Gasteiger partial charge in [-0.2, -0.15) is 15.0 Å². The zero-order chi connectivity index (χ0) is 41.5. The lowest BCUT2D eigenvalue weighted by Gasteiger charge is -2.34. The Morgan fingerprint density at radius 2 is 0.698 bits per heavy atom. The van der Waals surface area contributed by atoms with E-state index in [0.29, 0.717) is 17.7 Å². The van der Waals surface area contributed by atoms with Crippen LogP contribution in [0.2, 0.25) is 0 Å². The molecule has 3 aromatic heterocycles. The van der Waals surface area contributed by atoms with E-state index in [4.69, 9.17) is 15.0 Å². The second-order valence-electron chi connectivity index (χ2n) is 16.4. The minimum absolute atomic E-state index is 0.495. The lowest BCUT2D eigenvalue weighted by atomic mass is 9.67. The maximum atomic E-state index is 5.36. The van der Waals surface area contributed by atoms with Gasteiger partial charge in [-0.25, -0.2) is 0 Å². The highest BCUT2D eigenvalue weighted by Gasteiger charge is 2.45. The van der Waals surface area contributed by atoms with Crippen LogP contribution in [-0.2, 0) is 5.41 Å². The fraction of sp³-hybridized carbons (Fsp3) is 0.0172. The first-order valence-corrected chi connectivity index (χ1v) is 21.5. The summed E-state index contributed by atoms with van der Waals surface area (Å²) in [6.45, 7) is 0. The molecule has 13 rings (SSSR count). The third kappa shape index (κ3) is 5.20. The van der Waals surface area contributed by atoms with Gasteiger partial charge < -0.3 is 0 Å². The Balaban J connectivity index is 1.03. The lowest BCUT2D eigenvalue weighted by Crippen LogP contribution is -2.28. The van der Waals surface area contributed by atoms with Crippen LogP contribution in [0.5, 0.6) is 0 Å². The van der Waals surface area contributed by atoms with Crippen molar-refractivity contribution in [2.75, 3.05) is 0 Å². The molecule has 0 aliphatic heterocycles. The quantitative estimate of drug-likeness (QED) is 0.168. The van der Waals surface area contributed by atoms with E-state index >= 15 is 0 Å². The number of nitrogens with zero attached hydrogens (tertiary/aromatic N) is 5. The summed E-state index contributed by atoms with van der Waals surface area (Å²) in [4.78, 5) is 16.1. The number of fused-ring (bicyclic) bond motifs is 9. The number of para-hydroxylation sites is 4. The average Bonchev–Trinajstić information content (AvgIpc) is 3.99. The van der Waals surface area contributed by atoms with Crippen molar-refractivity contribution in [3.05, 3.63) is 247 Å². The predicted octanol–water partition coefficient (Wildman–Crippen LogP) is 13.8. The SMILES string of the molecule is c1ccc(C2(c3cccc(-c4cccc(-c5nc(-n6c7ccccc7c7ccccc76)nc(-n6c7ccccc7c7ccccc76)n5)c4)c3)c3ccccc3-c3ccccc32)cc1. The summed E-state index contributed by atoms with van der Waals surface area (Å²) in [5.41, 5.74) is 14.4. The molecule has 0 bridgehead atoms. The largest absolute Gasteiger partial charge is 0.278 e. The molecule has 0 amide bonds. The van der Waals surface area contributed by atoms with E-state index in [9.17, 15) is 0 Å². The maximum absolute atomic E-state index is 5.36. The van der Waals surface area contributed by atoms with Crippen molar-refractivity contribution in [2.45, 2.75) is 5.41 Å². The van der Waals surface area contributed by atoms with E-state index in [2.05, 4.69) is 234 Å². The Hall–Kier alpha value is -8.41. The summed E-state index contributed by atoms with van der Waals surface area (Å²) < 4.78 is 4.36. The lowest BCUT2D eigenvalue weighted by molar-refractivity contribution is 0.769. The zero-order valence-electron chi connectivity index (χ0n) is 34.1. The van der Waals surface area contributed by atoms with Gasteiger partial charge in [0, 0.05) is 27.1 Å². The monoisotopic (exact) mass is 803 g/mol.